The van der Waals surface area contributed by atoms with Crippen molar-refractivity contribution in [2.24, 2.45) is 5.41 Å². The van der Waals surface area contributed by atoms with Gasteiger partial charge in [0.05, 0.1) is 12.0 Å². The summed E-state index contributed by atoms with van der Waals surface area (Å²) in [4.78, 5) is 2.51. The molecule has 1 aliphatic carbocycles. The Morgan fingerprint density at radius 2 is 1.67 bits per heavy atom. The van der Waals surface area contributed by atoms with Crippen LogP contribution in [0.15, 0.2) is 30.3 Å². The maximum Gasteiger partial charge on any atom is 0.0839 e. The molecule has 2 nitrogen and oxygen atoms in total. The molecule has 1 saturated heterocycles. The van der Waals surface area contributed by atoms with E-state index >= 15 is 0 Å². The van der Waals surface area contributed by atoms with Gasteiger partial charge in [-0.1, -0.05) is 49.6 Å². The molecule has 0 amide bonds. The monoisotopic (exact) mass is 282 g/mol. The predicted octanol–water partition coefficient (Wildman–Crippen LogP) is 4.34. The highest BCUT2D eigenvalue weighted by atomic mass is 15.1. The van der Waals surface area contributed by atoms with Crippen molar-refractivity contribution >= 4 is 0 Å². The number of rotatable bonds is 3. The van der Waals surface area contributed by atoms with Crippen LogP contribution in [0, 0.1) is 16.7 Å². The summed E-state index contributed by atoms with van der Waals surface area (Å²) in [5.41, 5.74) is 1.82. The van der Waals surface area contributed by atoms with Crippen molar-refractivity contribution < 1.29 is 0 Å². The first kappa shape index (κ1) is 14.6. The average Bonchev–Trinajstić information content (AvgIpc) is 2.56. The lowest BCUT2D eigenvalue weighted by atomic mass is 9.68. The van der Waals surface area contributed by atoms with Crippen LogP contribution in [-0.4, -0.2) is 24.5 Å². The van der Waals surface area contributed by atoms with Crippen molar-refractivity contribution in [1.82, 2.24) is 4.90 Å². The van der Waals surface area contributed by atoms with Crippen LogP contribution >= 0.6 is 0 Å². The molecule has 1 spiro atoms. The van der Waals surface area contributed by atoms with E-state index in [9.17, 15) is 5.26 Å². The zero-order chi connectivity index (χ0) is 14.5. The lowest BCUT2D eigenvalue weighted by Crippen LogP contribution is -2.42. The van der Waals surface area contributed by atoms with Crippen molar-refractivity contribution in [3.63, 3.8) is 0 Å². The summed E-state index contributed by atoms with van der Waals surface area (Å²) in [6.07, 6.45) is 9.90. The number of nitrogens with zero attached hydrogens (tertiary/aromatic N) is 2. The van der Waals surface area contributed by atoms with Crippen LogP contribution in [0.25, 0.3) is 0 Å². The van der Waals surface area contributed by atoms with Crippen molar-refractivity contribution in [3.05, 3.63) is 35.9 Å². The van der Waals surface area contributed by atoms with Gasteiger partial charge in [-0.3, -0.25) is 0 Å². The molecule has 3 rings (SSSR count). The Balaban J connectivity index is 1.56. The number of benzene rings is 1. The van der Waals surface area contributed by atoms with Gasteiger partial charge in [0.2, 0.25) is 0 Å². The van der Waals surface area contributed by atoms with E-state index < -0.39 is 0 Å². The van der Waals surface area contributed by atoms with Crippen LogP contribution in [0.2, 0.25) is 0 Å². The van der Waals surface area contributed by atoms with E-state index in [4.69, 9.17) is 0 Å². The molecular weight excluding hydrogens is 256 g/mol. The van der Waals surface area contributed by atoms with Crippen molar-refractivity contribution in [2.75, 3.05) is 19.6 Å². The molecule has 112 valence electrons. The van der Waals surface area contributed by atoms with E-state index in [0.717, 1.165) is 12.1 Å². The van der Waals surface area contributed by atoms with Crippen LogP contribution in [0.3, 0.4) is 0 Å². The predicted molar refractivity (Wildman–Crippen MR) is 86.0 cm³/mol. The molecule has 1 aromatic rings. The minimum Gasteiger partial charge on any atom is -0.302 e. The zero-order valence-corrected chi connectivity index (χ0v) is 12.9. The minimum absolute atomic E-state index is 0.0200. The highest BCUT2D eigenvalue weighted by Crippen LogP contribution is 2.44. The third kappa shape index (κ3) is 3.47. The first-order chi connectivity index (χ1) is 10.3. The zero-order valence-electron chi connectivity index (χ0n) is 12.9. The van der Waals surface area contributed by atoms with E-state index in [1.807, 2.05) is 18.2 Å². The summed E-state index contributed by atoms with van der Waals surface area (Å²) in [5, 5.41) is 9.48. The largest absolute Gasteiger partial charge is 0.302 e. The fraction of sp³-hybridized carbons (Fsp3) is 0.632. The molecule has 1 unspecified atom stereocenters. The Morgan fingerprint density at radius 1 is 1.00 bits per heavy atom. The van der Waals surface area contributed by atoms with Crippen LogP contribution < -0.4 is 0 Å². The fourth-order valence-electron chi connectivity index (χ4n) is 4.18. The van der Waals surface area contributed by atoms with Crippen molar-refractivity contribution in [3.8, 4) is 6.07 Å². The fourth-order valence-corrected chi connectivity index (χ4v) is 4.18. The molecule has 1 aromatic carbocycles. The minimum atomic E-state index is 0.0200. The molecule has 21 heavy (non-hydrogen) atoms. The molecule has 2 heteroatoms. The lowest BCUT2D eigenvalue weighted by Gasteiger charge is -2.44. The Labute approximate surface area is 128 Å². The van der Waals surface area contributed by atoms with Gasteiger partial charge in [-0.15, -0.1) is 0 Å². The third-order valence-electron chi connectivity index (χ3n) is 5.63. The first-order valence-corrected chi connectivity index (χ1v) is 8.48. The molecule has 2 fully saturated rings. The van der Waals surface area contributed by atoms with Gasteiger partial charge in [-0.05, 0) is 49.8 Å². The van der Waals surface area contributed by atoms with Gasteiger partial charge in [-0.2, -0.15) is 5.26 Å². The summed E-state index contributed by atoms with van der Waals surface area (Å²) >= 11 is 0. The van der Waals surface area contributed by atoms with Crippen molar-refractivity contribution in [2.45, 2.75) is 50.9 Å². The second-order valence-corrected chi connectivity index (χ2v) is 6.95. The number of hydrogen-bond acceptors (Lipinski definition) is 2. The number of nitriles is 1. The van der Waals surface area contributed by atoms with E-state index in [-0.39, 0.29) is 5.92 Å². The normalized spacial score (nSPS) is 23.6. The molecule has 1 saturated carbocycles. The second kappa shape index (κ2) is 6.62. The van der Waals surface area contributed by atoms with E-state index in [0.29, 0.717) is 5.41 Å². The maximum absolute atomic E-state index is 9.48. The molecule has 1 heterocycles. The summed E-state index contributed by atoms with van der Waals surface area (Å²) < 4.78 is 0. The van der Waals surface area contributed by atoms with E-state index in [2.05, 4.69) is 23.1 Å². The van der Waals surface area contributed by atoms with E-state index in [1.54, 1.807) is 0 Å². The van der Waals surface area contributed by atoms with Gasteiger partial charge in [0.15, 0.2) is 0 Å². The highest BCUT2D eigenvalue weighted by molar-refractivity contribution is 5.25. The Hall–Kier alpha value is -1.33. The third-order valence-corrected chi connectivity index (χ3v) is 5.63. The SMILES string of the molecule is N#CC(CN1CCC2(CCCCC2)CC1)c1ccccc1. The number of likely N-dealkylation sites (tertiary alicyclic amines) is 1. The summed E-state index contributed by atoms with van der Waals surface area (Å²) in [5.74, 6) is 0.0200. The summed E-state index contributed by atoms with van der Waals surface area (Å²) in [6, 6.07) is 12.8. The maximum atomic E-state index is 9.48. The van der Waals surface area contributed by atoms with E-state index in [1.165, 1.54) is 58.0 Å². The molecule has 0 N–H and O–H groups in total. The molecule has 0 bridgehead atoms. The summed E-state index contributed by atoms with van der Waals surface area (Å²) in [6.45, 7) is 3.27. The molecule has 1 aliphatic heterocycles. The van der Waals surface area contributed by atoms with Crippen molar-refractivity contribution in [1.29, 1.82) is 5.26 Å². The van der Waals surface area contributed by atoms with Crippen LogP contribution in [-0.2, 0) is 0 Å². The van der Waals surface area contributed by atoms with Gasteiger partial charge >= 0.3 is 0 Å². The van der Waals surface area contributed by atoms with Crippen LogP contribution in [0.1, 0.15) is 56.4 Å². The van der Waals surface area contributed by atoms with Crippen LogP contribution in [0.5, 0.6) is 0 Å². The second-order valence-electron chi connectivity index (χ2n) is 6.95. The van der Waals surface area contributed by atoms with Gasteiger partial charge in [0, 0.05) is 6.54 Å². The van der Waals surface area contributed by atoms with Gasteiger partial charge in [0.25, 0.3) is 0 Å². The average molecular weight is 282 g/mol. The molecule has 0 radical (unpaired) electrons. The standard InChI is InChI=1S/C19H26N2/c20-15-18(17-7-3-1-4-8-17)16-21-13-11-19(12-14-21)9-5-2-6-10-19/h1,3-4,7-8,18H,2,5-6,9-14,16H2. The Morgan fingerprint density at radius 3 is 2.29 bits per heavy atom. The topological polar surface area (TPSA) is 27.0 Å². The molecule has 1 atom stereocenters. The van der Waals surface area contributed by atoms with Crippen LogP contribution in [0.4, 0.5) is 0 Å². The Bertz CT molecular complexity index is 472. The van der Waals surface area contributed by atoms with Gasteiger partial charge in [0.1, 0.15) is 0 Å². The van der Waals surface area contributed by atoms with Gasteiger partial charge in [-0.25, -0.2) is 0 Å². The molecule has 0 aromatic heterocycles. The lowest BCUT2D eigenvalue weighted by molar-refractivity contribution is 0.0669. The van der Waals surface area contributed by atoms with Gasteiger partial charge < -0.3 is 4.90 Å². The Kier molecular flexibility index (Phi) is 4.60. The number of piperidine rings is 1. The molecule has 2 aliphatic rings. The highest BCUT2D eigenvalue weighted by Gasteiger charge is 2.35. The summed E-state index contributed by atoms with van der Waals surface area (Å²) in [7, 11) is 0. The quantitative estimate of drug-likeness (QED) is 0.824. The number of hydrogen-bond donors (Lipinski definition) is 0. The molecular formula is C19H26N2. The first-order valence-electron chi connectivity index (χ1n) is 8.48. The smallest absolute Gasteiger partial charge is 0.0839 e.